The zero-order valence-corrected chi connectivity index (χ0v) is 14.4. The summed E-state index contributed by atoms with van der Waals surface area (Å²) in [6.45, 7) is 2.40. The normalized spacial score (nSPS) is 13.4. The number of hydrogen-bond donors (Lipinski definition) is 0. The molecule has 1 aromatic rings. The predicted molar refractivity (Wildman–Crippen MR) is 78.7 cm³/mol. The molecule has 0 aromatic heterocycles. The quantitative estimate of drug-likeness (QED) is 0.619. The lowest BCUT2D eigenvalue weighted by Crippen LogP contribution is -2.19. The van der Waals surface area contributed by atoms with Gasteiger partial charge in [0, 0.05) is 10.0 Å². The Balaban J connectivity index is 2.94. The van der Waals surface area contributed by atoms with Crippen LogP contribution in [0.5, 0.6) is 5.75 Å². The molecule has 0 spiro atoms. The van der Waals surface area contributed by atoms with E-state index < -0.39 is 12.8 Å². The van der Waals surface area contributed by atoms with Gasteiger partial charge in [-0.15, -0.1) is 0 Å². The minimum atomic E-state index is -4.32. The Morgan fingerprint density at radius 2 is 1.90 bits per heavy atom. The van der Waals surface area contributed by atoms with Gasteiger partial charge in [0.15, 0.2) is 0 Å². The Kier molecular flexibility index (Phi) is 6.34. The maximum Gasteiger partial charge on any atom is 0.411 e. The SMILES string of the molecule is COc1c(C)cc(Br)c(C)c1C(Br)COCC(F)(F)F. The van der Waals surface area contributed by atoms with Crippen molar-refractivity contribution in [2.45, 2.75) is 24.9 Å². The van der Waals surface area contributed by atoms with Crippen molar-refractivity contribution in [1.82, 2.24) is 0 Å². The summed E-state index contributed by atoms with van der Waals surface area (Å²) >= 11 is 6.80. The molecule has 1 unspecified atom stereocenters. The Bertz CT molecular complexity index is 476. The van der Waals surface area contributed by atoms with Gasteiger partial charge in [-0.2, -0.15) is 13.2 Å². The summed E-state index contributed by atoms with van der Waals surface area (Å²) in [5, 5.41) is 0. The van der Waals surface area contributed by atoms with Gasteiger partial charge in [-0.25, -0.2) is 0 Å². The molecule has 0 aliphatic rings. The van der Waals surface area contributed by atoms with Crippen LogP contribution in [0, 0.1) is 13.8 Å². The first-order chi connectivity index (χ1) is 9.17. The highest BCUT2D eigenvalue weighted by Crippen LogP contribution is 2.40. The molecular formula is C13H15Br2F3O2. The highest BCUT2D eigenvalue weighted by atomic mass is 79.9. The fraction of sp³-hybridized carbons (Fsp3) is 0.538. The first-order valence-electron chi connectivity index (χ1n) is 5.79. The highest BCUT2D eigenvalue weighted by molar-refractivity contribution is 9.10. The molecule has 114 valence electrons. The van der Waals surface area contributed by atoms with Crippen molar-refractivity contribution >= 4 is 31.9 Å². The molecule has 20 heavy (non-hydrogen) atoms. The van der Waals surface area contributed by atoms with Gasteiger partial charge in [-0.05, 0) is 31.0 Å². The fourth-order valence-corrected chi connectivity index (χ4v) is 3.18. The van der Waals surface area contributed by atoms with Gasteiger partial charge in [-0.1, -0.05) is 31.9 Å². The van der Waals surface area contributed by atoms with Gasteiger partial charge in [-0.3, -0.25) is 0 Å². The second-order valence-corrected chi connectivity index (χ2v) is 6.30. The predicted octanol–water partition coefficient (Wildman–Crippen LogP) is 5.09. The van der Waals surface area contributed by atoms with Crippen molar-refractivity contribution in [3.8, 4) is 5.75 Å². The summed E-state index contributed by atoms with van der Waals surface area (Å²) in [5.74, 6) is 0.656. The standard InChI is InChI=1S/C13H15Br2F3O2/c1-7-4-9(14)8(2)11(12(7)19-3)10(15)5-20-6-13(16,17)18/h4,10H,5-6H2,1-3H3. The lowest BCUT2D eigenvalue weighted by Gasteiger charge is -2.20. The zero-order chi connectivity index (χ0) is 15.5. The molecule has 7 heteroatoms. The summed E-state index contributed by atoms with van der Waals surface area (Å²) in [6.07, 6.45) is -4.32. The molecule has 0 N–H and O–H groups in total. The zero-order valence-electron chi connectivity index (χ0n) is 11.3. The second-order valence-electron chi connectivity index (χ2n) is 4.35. The summed E-state index contributed by atoms with van der Waals surface area (Å²) in [5.41, 5.74) is 2.60. The molecule has 1 rings (SSSR count). The highest BCUT2D eigenvalue weighted by Gasteiger charge is 2.28. The molecule has 0 bridgehead atoms. The third-order valence-corrected chi connectivity index (χ3v) is 4.30. The van der Waals surface area contributed by atoms with Crippen molar-refractivity contribution in [3.63, 3.8) is 0 Å². The number of methoxy groups -OCH3 is 1. The Morgan fingerprint density at radius 3 is 2.40 bits per heavy atom. The molecule has 1 atom stereocenters. The number of ether oxygens (including phenoxy) is 2. The van der Waals surface area contributed by atoms with Crippen LogP contribution in [0.15, 0.2) is 10.5 Å². The van der Waals surface area contributed by atoms with Gasteiger partial charge < -0.3 is 9.47 Å². The van der Waals surface area contributed by atoms with E-state index >= 15 is 0 Å². The van der Waals surface area contributed by atoms with Crippen LogP contribution in [0.2, 0.25) is 0 Å². The van der Waals surface area contributed by atoms with Crippen molar-refractivity contribution in [3.05, 3.63) is 27.2 Å². The molecule has 0 aliphatic heterocycles. The molecule has 2 nitrogen and oxygen atoms in total. The Hall–Kier alpha value is -0.270. The van der Waals surface area contributed by atoms with Crippen molar-refractivity contribution < 1.29 is 22.6 Å². The van der Waals surface area contributed by atoms with Gasteiger partial charge in [0.25, 0.3) is 0 Å². The number of halogens is 5. The van der Waals surface area contributed by atoms with E-state index in [0.29, 0.717) is 5.75 Å². The minimum Gasteiger partial charge on any atom is -0.496 e. The summed E-state index contributed by atoms with van der Waals surface area (Å²) in [7, 11) is 1.54. The van der Waals surface area contributed by atoms with Crippen LogP contribution in [0.3, 0.4) is 0 Å². The van der Waals surface area contributed by atoms with Gasteiger partial charge >= 0.3 is 6.18 Å². The monoisotopic (exact) mass is 418 g/mol. The lowest BCUT2D eigenvalue weighted by atomic mass is 10.0. The van der Waals surface area contributed by atoms with Gasteiger partial charge in [0.2, 0.25) is 0 Å². The van der Waals surface area contributed by atoms with Crippen LogP contribution in [0.4, 0.5) is 13.2 Å². The van der Waals surface area contributed by atoms with E-state index in [0.717, 1.165) is 21.2 Å². The van der Waals surface area contributed by atoms with Crippen LogP contribution >= 0.6 is 31.9 Å². The number of benzene rings is 1. The first kappa shape index (κ1) is 17.8. The average Bonchev–Trinajstić information content (AvgIpc) is 2.31. The lowest BCUT2D eigenvalue weighted by molar-refractivity contribution is -0.173. The van der Waals surface area contributed by atoms with Crippen molar-refractivity contribution in [1.29, 1.82) is 0 Å². The molecule has 0 saturated heterocycles. The van der Waals surface area contributed by atoms with Gasteiger partial charge in [0.05, 0.1) is 18.5 Å². The van der Waals surface area contributed by atoms with Crippen LogP contribution < -0.4 is 4.74 Å². The number of alkyl halides is 4. The van der Waals surface area contributed by atoms with Crippen LogP contribution in [-0.2, 0) is 4.74 Å². The maximum absolute atomic E-state index is 12.1. The summed E-state index contributed by atoms with van der Waals surface area (Å²) < 4.78 is 47.2. The third-order valence-electron chi connectivity index (χ3n) is 2.76. The minimum absolute atomic E-state index is 0.0907. The van der Waals surface area contributed by atoms with E-state index in [1.807, 2.05) is 19.9 Å². The fourth-order valence-electron chi connectivity index (χ4n) is 1.88. The molecule has 1 aromatic carbocycles. The molecule has 0 amide bonds. The second kappa shape index (κ2) is 7.13. The summed E-state index contributed by atoms with van der Waals surface area (Å²) in [6, 6.07) is 1.91. The maximum atomic E-state index is 12.1. The van der Waals surface area contributed by atoms with E-state index in [1.54, 1.807) is 0 Å². The van der Waals surface area contributed by atoms with Crippen LogP contribution in [0.25, 0.3) is 0 Å². The van der Waals surface area contributed by atoms with Crippen molar-refractivity contribution in [2.24, 2.45) is 0 Å². The Labute approximate surface area is 132 Å². The van der Waals surface area contributed by atoms with E-state index in [2.05, 4.69) is 31.9 Å². The van der Waals surface area contributed by atoms with E-state index in [-0.39, 0.29) is 11.4 Å². The summed E-state index contributed by atoms with van der Waals surface area (Å²) in [4.78, 5) is -0.379. The van der Waals surface area contributed by atoms with Crippen LogP contribution in [-0.4, -0.2) is 26.5 Å². The molecular weight excluding hydrogens is 405 g/mol. The molecule has 0 fully saturated rings. The molecule has 0 heterocycles. The largest absolute Gasteiger partial charge is 0.496 e. The van der Waals surface area contributed by atoms with E-state index in [9.17, 15) is 13.2 Å². The van der Waals surface area contributed by atoms with E-state index in [4.69, 9.17) is 9.47 Å². The average molecular weight is 420 g/mol. The van der Waals surface area contributed by atoms with Crippen LogP contribution in [0.1, 0.15) is 21.5 Å². The Morgan fingerprint density at radius 1 is 1.30 bits per heavy atom. The number of hydrogen-bond acceptors (Lipinski definition) is 2. The van der Waals surface area contributed by atoms with E-state index in [1.165, 1.54) is 7.11 Å². The van der Waals surface area contributed by atoms with Crippen molar-refractivity contribution in [2.75, 3.05) is 20.3 Å². The molecule has 0 aliphatic carbocycles. The third kappa shape index (κ3) is 4.63. The smallest absolute Gasteiger partial charge is 0.411 e. The number of rotatable bonds is 5. The van der Waals surface area contributed by atoms with Gasteiger partial charge in [0.1, 0.15) is 12.4 Å². The number of aryl methyl sites for hydroxylation is 1. The first-order valence-corrected chi connectivity index (χ1v) is 7.50. The molecule has 0 radical (unpaired) electrons. The topological polar surface area (TPSA) is 18.5 Å². The molecule has 0 saturated carbocycles.